The van der Waals surface area contributed by atoms with Crippen LogP contribution in [0.2, 0.25) is 0 Å². The van der Waals surface area contributed by atoms with Gasteiger partial charge in [0.15, 0.2) is 0 Å². The maximum atomic E-state index is 12.7. The first-order valence-corrected chi connectivity index (χ1v) is 21.4. The number of hydrogen-bond acceptors (Lipinski definition) is 1. The molecule has 0 heterocycles. The Bertz CT molecular complexity index is 2410. The van der Waals surface area contributed by atoms with E-state index in [4.69, 9.17) is 0 Å². The van der Waals surface area contributed by atoms with Gasteiger partial charge in [0.05, 0.1) is 12.6 Å². The lowest BCUT2D eigenvalue weighted by Crippen LogP contribution is -2.41. The van der Waals surface area contributed by atoms with Crippen LogP contribution in [-0.4, -0.2) is 19.0 Å². The molecular formula is C47H45OP. The molecule has 1 spiro atoms. The molecule has 0 bridgehead atoms. The Morgan fingerprint density at radius 3 is 2.12 bits per heavy atom. The van der Waals surface area contributed by atoms with Crippen molar-refractivity contribution in [1.29, 1.82) is 0 Å². The van der Waals surface area contributed by atoms with E-state index in [0.717, 1.165) is 51.4 Å². The summed E-state index contributed by atoms with van der Waals surface area (Å²) >= 11 is 0. The smallest absolute Gasteiger partial charge is 0.0848 e. The quantitative estimate of drug-likeness (QED) is 0.202. The minimum Gasteiger partial charge on any atom is -0.324 e. The number of allylic oxidation sites excluding steroid dienone is 4. The van der Waals surface area contributed by atoms with E-state index < -0.39 is 7.14 Å². The zero-order chi connectivity index (χ0) is 32.9. The van der Waals surface area contributed by atoms with Crippen molar-refractivity contribution in [3.05, 3.63) is 140 Å². The SMILES string of the molecule is CP(C)(=O)C1CCC(c2ccc(-c3ccc4c(c3)-c3cc5c(cc3C43C4=C(C=CCC4)C4C=c6ccccc6=CC43)=CCCC=5)cc2)CC1. The summed E-state index contributed by atoms with van der Waals surface area (Å²) in [5.74, 6) is 1.32. The minimum atomic E-state index is -2.00. The van der Waals surface area contributed by atoms with Gasteiger partial charge in [0.1, 0.15) is 0 Å². The Kier molecular flexibility index (Phi) is 6.74. The summed E-state index contributed by atoms with van der Waals surface area (Å²) < 4.78 is 12.7. The summed E-state index contributed by atoms with van der Waals surface area (Å²) in [6.45, 7) is 3.96. The van der Waals surface area contributed by atoms with Crippen LogP contribution in [0.3, 0.4) is 0 Å². The third kappa shape index (κ3) is 4.47. The number of benzene rings is 4. The monoisotopic (exact) mass is 656 g/mol. The summed E-state index contributed by atoms with van der Waals surface area (Å²) in [4.78, 5) is 0. The van der Waals surface area contributed by atoms with Gasteiger partial charge in [0.25, 0.3) is 0 Å². The van der Waals surface area contributed by atoms with Crippen LogP contribution < -0.4 is 20.9 Å². The Morgan fingerprint density at radius 2 is 1.37 bits per heavy atom. The summed E-state index contributed by atoms with van der Waals surface area (Å²) in [6.07, 6.45) is 24.0. The average molecular weight is 657 g/mol. The molecule has 10 rings (SSSR count). The van der Waals surface area contributed by atoms with Crippen molar-refractivity contribution in [3.63, 3.8) is 0 Å². The van der Waals surface area contributed by atoms with Gasteiger partial charge in [0, 0.05) is 17.5 Å². The fourth-order valence-corrected chi connectivity index (χ4v) is 12.4. The van der Waals surface area contributed by atoms with Crippen molar-refractivity contribution in [1.82, 2.24) is 0 Å². The maximum absolute atomic E-state index is 12.7. The van der Waals surface area contributed by atoms with Crippen molar-refractivity contribution in [2.24, 2.45) is 11.8 Å². The van der Waals surface area contributed by atoms with Gasteiger partial charge in [-0.05, 0) is 154 Å². The maximum Gasteiger partial charge on any atom is 0.0848 e. The van der Waals surface area contributed by atoms with E-state index in [0.29, 0.717) is 23.4 Å². The number of fused-ring (bicyclic) bond motifs is 11. The first kappa shape index (κ1) is 29.9. The lowest BCUT2D eigenvalue weighted by atomic mass is 9.63. The Labute approximate surface area is 290 Å². The van der Waals surface area contributed by atoms with Gasteiger partial charge >= 0.3 is 0 Å². The standard InChI is InChI=1S/C47H45OP/c1-49(2,48)38-22-19-31(20-23-38)30-15-17-32(18-16-30)37-21-24-44-41(27-37)42-26-34-10-4-6-12-36(34)29-46(42)47(44)43-14-8-7-13-39(43)40-25-33-9-3-5-11-35(33)28-45(40)47/h3,5,7,9-13,15-18,21,24-29,31,38,40,45H,4,6,8,14,19-20,22-23H2,1-2H3. The van der Waals surface area contributed by atoms with Gasteiger partial charge in [-0.1, -0.05) is 103 Å². The normalized spacial score (nSPS) is 27.4. The predicted octanol–water partition coefficient (Wildman–Crippen LogP) is 8.79. The Morgan fingerprint density at radius 1 is 0.673 bits per heavy atom. The van der Waals surface area contributed by atoms with Crippen molar-refractivity contribution in [2.45, 2.75) is 68.4 Å². The van der Waals surface area contributed by atoms with Gasteiger partial charge in [-0.25, -0.2) is 0 Å². The van der Waals surface area contributed by atoms with Crippen LogP contribution >= 0.6 is 7.14 Å². The largest absolute Gasteiger partial charge is 0.324 e. The van der Waals surface area contributed by atoms with Gasteiger partial charge in [-0.2, -0.15) is 0 Å². The first-order chi connectivity index (χ1) is 23.9. The molecule has 0 aliphatic heterocycles. The molecule has 244 valence electrons. The lowest BCUT2D eigenvalue weighted by Gasteiger charge is -2.38. The molecule has 1 fully saturated rings. The molecule has 0 N–H and O–H groups in total. The number of hydrogen-bond donors (Lipinski definition) is 0. The van der Waals surface area contributed by atoms with Gasteiger partial charge in [0.2, 0.25) is 0 Å². The average Bonchev–Trinajstić information content (AvgIpc) is 3.58. The summed E-state index contributed by atoms with van der Waals surface area (Å²) in [5.41, 5.74) is 13.4. The Balaban J connectivity index is 1.12. The van der Waals surface area contributed by atoms with E-state index >= 15 is 0 Å². The van der Waals surface area contributed by atoms with E-state index in [9.17, 15) is 4.57 Å². The van der Waals surface area contributed by atoms with Crippen LogP contribution in [0.5, 0.6) is 0 Å². The molecule has 3 unspecified atom stereocenters. The van der Waals surface area contributed by atoms with Crippen LogP contribution in [0.4, 0.5) is 0 Å². The zero-order valence-electron chi connectivity index (χ0n) is 28.8. The molecule has 4 aromatic carbocycles. The molecule has 6 aliphatic rings. The molecule has 0 aromatic heterocycles. The first-order valence-electron chi connectivity index (χ1n) is 18.7. The second-order valence-electron chi connectivity index (χ2n) is 16.0. The highest BCUT2D eigenvalue weighted by Crippen LogP contribution is 2.65. The van der Waals surface area contributed by atoms with Gasteiger partial charge in [-0.3, -0.25) is 0 Å². The fourth-order valence-electron chi connectivity index (χ4n) is 10.8. The molecule has 0 radical (unpaired) electrons. The van der Waals surface area contributed by atoms with Crippen LogP contribution in [0.15, 0.2) is 102 Å². The molecule has 2 heteroatoms. The minimum absolute atomic E-state index is 0.151. The van der Waals surface area contributed by atoms with Crippen molar-refractivity contribution in [3.8, 4) is 22.3 Å². The highest BCUT2D eigenvalue weighted by Gasteiger charge is 2.58. The molecule has 49 heavy (non-hydrogen) atoms. The van der Waals surface area contributed by atoms with Crippen molar-refractivity contribution < 1.29 is 4.57 Å². The highest BCUT2D eigenvalue weighted by atomic mass is 31.2. The topological polar surface area (TPSA) is 17.1 Å². The van der Waals surface area contributed by atoms with Gasteiger partial charge < -0.3 is 4.57 Å². The van der Waals surface area contributed by atoms with E-state index in [1.807, 2.05) is 13.3 Å². The summed E-state index contributed by atoms with van der Waals surface area (Å²) in [7, 11) is -2.00. The molecular weight excluding hydrogens is 611 g/mol. The second-order valence-corrected chi connectivity index (χ2v) is 19.6. The highest BCUT2D eigenvalue weighted by molar-refractivity contribution is 7.63. The predicted molar refractivity (Wildman–Crippen MR) is 207 cm³/mol. The van der Waals surface area contributed by atoms with E-state index in [2.05, 4.69) is 115 Å². The van der Waals surface area contributed by atoms with Gasteiger partial charge in [-0.15, -0.1) is 0 Å². The molecule has 0 amide bonds. The third-order valence-electron chi connectivity index (χ3n) is 13.2. The Hall–Kier alpha value is -3.93. The summed E-state index contributed by atoms with van der Waals surface area (Å²) in [6, 6.07) is 31.1. The van der Waals surface area contributed by atoms with Crippen LogP contribution in [0, 0.1) is 11.8 Å². The van der Waals surface area contributed by atoms with Crippen LogP contribution in [0.25, 0.3) is 46.6 Å². The van der Waals surface area contributed by atoms with Crippen molar-refractivity contribution >= 4 is 31.4 Å². The molecule has 6 aliphatic carbocycles. The molecule has 3 atom stereocenters. The fraction of sp³-hybridized carbons (Fsp3) is 0.319. The van der Waals surface area contributed by atoms with E-state index in [1.165, 1.54) is 59.8 Å². The van der Waals surface area contributed by atoms with E-state index in [1.54, 1.807) is 11.1 Å². The summed E-state index contributed by atoms with van der Waals surface area (Å²) in [5, 5.41) is 5.57. The molecule has 1 nitrogen and oxygen atoms in total. The third-order valence-corrected chi connectivity index (χ3v) is 15.5. The second kappa shape index (κ2) is 11.0. The van der Waals surface area contributed by atoms with Crippen LogP contribution in [0.1, 0.15) is 74.0 Å². The number of rotatable bonds is 3. The van der Waals surface area contributed by atoms with Crippen LogP contribution in [-0.2, 0) is 9.98 Å². The zero-order valence-corrected chi connectivity index (χ0v) is 29.7. The van der Waals surface area contributed by atoms with Crippen molar-refractivity contribution in [2.75, 3.05) is 13.3 Å². The molecule has 1 saturated carbocycles. The van der Waals surface area contributed by atoms with E-state index in [-0.39, 0.29) is 5.41 Å². The molecule has 0 saturated heterocycles. The molecule has 4 aromatic rings. The lowest BCUT2D eigenvalue weighted by molar-refractivity contribution is 0.437.